The first-order chi connectivity index (χ1) is 16.7. The number of aryl methyl sites for hydroxylation is 2. The van der Waals surface area contributed by atoms with Gasteiger partial charge in [0.05, 0.1) is 27.6 Å². The predicted molar refractivity (Wildman–Crippen MR) is 134 cm³/mol. The van der Waals surface area contributed by atoms with Crippen molar-refractivity contribution in [3.05, 3.63) is 53.9 Å². The Bertz CT molecular complexity index is 1370. The number of rotatable bonds is 6. The SMILES string of the molecule is CN(C)S(=O)(=O)c1ccc2c(c1)nc(CCC(=O)N1CCCN(c3ccc(C#N)cc3)CC1)n2C. The van der Waals surface area contributed by atoms with Crippen molar-refractivity contribution in [2.75, 3.05) is 45.2 Å². The maximum Gasteiger partial charge on any atom is 0.242 e. The highest BCUT2D eigenvalue weighted by Gasteiger charge is 2.22. The molecule has 0 unspecified atom stereocenters. The molecule has 1 amide bonds. The Kier molecular flexibility index (Phi) is 7.10. The van der Waals surface area contributed by atoms with E-state index in [9.17, 15) is 13.2 Å². The number of imidazole rings is 1. The number of carbonyl (C=O) groups excluding carboxylic acids is 1. The molecule has 1 aliphatic rings. The fourth-order valence-electron chi connectivity index (χ4n) is 4.37. The normalized spacial score (nSPS) is 14.8. The van der Waals surface area contributed by atoms with E-state index in [4.69, 9.17) is 5.26 Å². The van der Waals surface area contributed by atoms with Gasteiger partial charge in [0.2, 0.25) is 15.9 Å². The Hall–Kier alpha value is -3.42. The van der Waals surface area contributed by atoms with E-state index in [2.05, 4.69) is 16.0 Å². The Balaban J connectivity index is 1.40. The molecule has 0 aliphatic carbocycles. The molecule has 1 aliphatic heterocycles. The highest BCUT2D eigenvalue weighted by Crippen LogP contribution is 2.22. The number of amides is 1. The lowest BCUT2D eigenvalue weighted by molar-refractivity contribution is -0.130. The smallest absolute Gasteiger partial charge is 0.242 e. The summed E-state index contributed by atoms with van der Waals surface area (Å²) in [7, 11) is 1.35. The molecule has 0 bridgehead atoms. The van der Waals surface area contributed by atoms with Crippen LogP contribution in [0.2, 0.25) is 0 Å². The first-order valence-electron chi connectivity index (χ1n) is 11.6. The molecule has 0 N–H and O–H groups in total. The summed E-state index contributed by atoms with van der Waals surface area (Å²) in [5, 5.41) is 9.00. The van der Waals surface area contributed by atoms with Crippen LogP contribution in [0.5, 0.6) is 0 Å². The van der Waals surface area contributed by atoms with Gasteiger partial charge in [-0.1, -0.05) is 0 Å². The van der Waals surface area contributed by atoms with Gasteiger partial charge >= 0.3 is 0 Å². The second-order valence-electron chi connectivity index (χ2n) is 8.91. The average Bonchev–Trinajstić information content (AvgIpc) is 3.01. The lowest BCUT2D eigenvalue weighted by Gasteiger charge is -2.23. The molecule has 184 valence electrons. The van der Waals surface area contributed by atoms with Crippen LogP contribution in [0.4, 0.5) is 5.69 Å². The monoisotopic (exact) mass is 494 g/mol. The topological polar surface area (TPSA) is 103 Å². The number of nitrogens with zero attached hydrogens (tertiary/aromatic N) is 6. The van der Waals surface area contributed by atoms with Crippen LogP contribution in [0.25, 0.3) is 11.0 Å². The summed E-state index contributed by atoms with van der Waals surface area (Å²) in [5.41, 5.74) is 3.13. The van der Waals surface area contributed by atoms with Gasteiger partial charge in [-0.25, -0.2) is 17.7 Å². The molecule has 1 saturated heterocycles. The maximum absolute atomic E-state index is 13.0. The lowest BCUT2D eigenvalue weighted by atomic mass is 10.2. The third-order valence-electron chi connectivity index (χ3n) is 6.50. The second-order valence-corrected chi connectivity index (χ2v) is 11.1. The first kappa shape index (κ1) is 24.7. The third kappa shape index (κ3) is 5.16. The third-order valence-corrected chi connectivity index (χ3v) is 8.31. The van der Waals surface area contributed by atoms with Crippen LogP contribution in [-0.2, 0) is 28.3 Å². The molecule has 0 saturated carbocycles. The summed E-state index contributed by atoms with van der Waals surface area (Å²) in [5.74, 6) is 0.844. The molecule has 9 nitrogen and oxygen atoms in total. The molecule has 0 radical (unpaired) electrons. The van der Waals surface area contributed by atoms with Crippen molar-refractivity contribution in [1.29, 1.82) is 5.26 Å². The molecule has 0 atom stereocenters. The largest absolute Gasteiger partial charge is 0.370 e. The molecule has 1 aromatic heterocycles. The quantitative estimate of drug-likeness (QED) is 0.521. The highest BCUT2D eigenvalue weighted by atomic mass is 32.2. The minimum atomic E-state index is -3.54. The molecule has 35 heavy (non-hydrogen) atoms. The molecular weight excluding hydrogens is 464 g/mol. The van der Waals surface area contributed by atoms with E-state index in [1.54, 1.807) is 18.2 Å². The minimum Gasteiger partial charge on any atom is -0.370 e. The Labute approximate surface area is 206 Å². The van der Waals surface area contributed by atoms with Crippen molar-refractivity contribution in [3.8, 4) is 6.07 Å². The molecule has 3 aromatic rings. The number of sulfonamides is 1. The summed E-state index contributed by atoms with van der Waals surface area (Å²) in [4.78, 5) is 22.0. The molecule has 0 spiro atoms. The van der Waals surface area contributed by atoms with Crippen LogP contribution in [-0.4, -0.2) is 73.4 Å². The number of nitriles is 1. The fraction of sp³-hybridized carbons (Fsp3) is 0.400. The van der Waals surface area contributed by atoms with Crippen molar-refractivity contribution in [1.82, 2.24) is 18.8 Å². The zero-order chi connectivity index (χ0) is 25.2. The predicted octanol–water partition coefficient (Wildman–Crippen LogP) is 2.37. The standard InChI is InChI=1S/C25H30N6O3S/c1-28(2)35(33,34)21-9-10-23-22(17-21)27-24(29(23)3)11-12-25(32)31-14-4-13-30(15-16-31)20-7-5-19(18-26)6-8-20/h5-10,17H,4,11-16H2,1-3H3. The molecule has 1 fully saturated rings. The zero-order valence-electron chi connectivity index (χ0n) is 20.3. The Morgan fingerprint density at radius 2 is 1.83 bits per heavy atom. The summed E-state index contributed by atoms with van der Waals surface area (Å²) < 4.78 is 28.0. The van der Waals surface area contributed by atoms with Crippen LogP contribution in [0, 0.1) is 11.3 Å². The van der Waals surface area contributed by atoms with E-state index in [-0.39, 0.29) is 10.8 Å². The van der Waals surface area contributed by atoms with Crippen molar-refractivity contribution >= 4 is 32.7 Å². The van der Waals surface area contributed by atoms with Gasteiger partial charge in [0.15, 0.2) is 0 Å². The maximum atomic E-state index is 13.0. The van der Waals surface area contributed by atoms with Crippen molar-refractivity contribution in [3.63, 3.8) is 0 Å². The van der Waals surface area contributed by atoms with Gasteiger partial charge in [-0.15, -0.1) is 0 Å². The van der Waals surface area contributed by atoms with Gasteiger partial charge in [0.1, 0.15) is 5.82 Å². The number of benzene rings is 2. The van der Waals surface area contributed by atoms with E-state index in [0.29, 0.717) is 37.0 Å². The molecule has 4 rings (SSSR count). The number of hydrogen-bond acceptors (Lipinski definition) is 6. The summed E-state index contributed by atoms with van der Waals surface area (Å²) in [6, 6.07) is 14.6. The van der Waals surface area contributed by atoms with Gasteiger partial charge in [0, 0.05) is 65.9 Å². The van der Waals surface area contributed by atoms with Crippen molar-refractivity contribution in [2.45, 2.75) is 24.2 Å². The molecule has 2 aromatic carbocycles. The Morgan fingerprint density at radius 1 is 1.09 bits per heavy atom. The minimum absolute atomic E-state index is 0.0922. The summed E-state index contributed by atoms with van der Waals surface area (Å²) >= 11 is 0. The first-order valence-corrected chi connectivity index (χ1v) is 13.1. The number of fused-ring (bicyclic) bond motifs is 1. The van der Waals surface area contributed by atoms with E-state index in [1.165, 1.54) is 18.4 Å². The number of anilines is 1. The van der Waals surface area contributed by atoms with Gasteiger partial charge < -0.3 is 14.4 Å². The average molecular weight is 495 g/mol. The fourth-order valence-corrected chi connectivity index (χ4v) is 5.30. The van der Waals surface area contributed by atoms with E-state index in [0.717, 1.165) is 36.5 Å². The Morgan fingerprint density at radius 3 is 2.51 bits per heavy atom. The molecule has 10 heteroatoms. The number of aromatic nitrogens is 2. The number of carbonyl (C=O) groups is 1. The summed E-state index contributed by atoms with van der Waals surface area (Å²) in [6.45, 7) is 2.96. The van der Waals surface area contributed by atoms with Crippen LogP contribution < -0.4 is 4.90 Å². The van der Waals surface area contributed by atoms with E-state index in [1.807, 2.05) is 40.8 Å². The van der Waals surface area contributed by atoms with Crippen molar-refractivity contribution < 1.29 is 13.2 Å². The number of hydrogen-bond donors (Lipinski definition) is 0. The van der Waals surface area contributed by atoms with E-state index < -0.39 is 10.0 Å². The molecular formula is C25H30N6O3S. The van der Waals surface area contributed by atoms with E-state index >= 15 is 0 Å². The van der Waals surface area contributed by atoms with Gasteiger partial charge in [-0.05, 0) is 48.9 Å². The van der Waals surface area contributed by atoms with Gasteiger partial charge in [-0.3, -0.25) is 4.79 Å². The van der Waals surface area contributed by atoms with Crippen LogP contribution in [0.15, 0.2) is 47.4 Å². The zero-order valence-corrected chi connectivity index (χ0v) is 21.1. The van der Waals surface area contributed by atoms with Gasteiger partial charge in [-0.2, -0.15) is 5.26 Å². The van der Waals surface area contributed by atoms with Crippen LogP contribution >= 0.6 is 0 Å². The van der Waals surface area contributed by atoms with Gasteiger partial charge in [0.25, 0.3) is 0 Å². The lowest BCUT2D eigenvalue weighted by Crippen LogP contribution is -2.35. The highest BCUT2D eigenvalue weighted by molar-refractivity contribution is 7.89. The summed E-state index contributed by atoms with van der Waals surface area (Å²) in [6.07, 6.45) is 1.70. The van der Waals surface area contributed by atoms with Crippen LogP contribution in [0.3, 0.4) is 0 Å². The van der Waals surface area contributed by atoms with Crippen molar-refractivity contribution in [2.24, 2.45) is 7.05 Å². The second kappa shape index (κ2) is 10.1. The molecule has 2 heterocycles. The van der Waals surface area contributed by atoms with Crippen LogP contribution in [0.1, 0.15) is 24.2 Å².